The SMILES string of the molecule is O=C(Cc1ccccc1-c1ccccc1Cl)N(Cc1ccccc1)Cc1ccccc1. The van der Waals surface area contributed by atoms with Gasteiger partial charge in [0, 0.05) is 23.7 Å². The molecule has 4 aromatic rings. The lowest BCUT2D eigenvalue weighted by Crippen LogP contribution is -2.31. The highest BCUT2D eigenvalue weighted by Crippen LogP contribution is 2.31. The standard InChI is InChI=1S/C28H24ClNO/c29-27-18-10-9-17-26(27)25-16-8-7-15-24(25)19-28(31)30(20-22-11-3-1-4-12-22)21-23-13-5-2-6-14-23/h1-18H,19-21H2. The lowest BCUT2D eigenvalue weighted by molar-refractivity contribution is -0.131. The van der Waals surface area contributed by atoms with E-state index >= 15 is 0 Å². The number of amides is 1. The Hall–Kier alpha value is -3.36. The van der Waals surface area contributed by atoms with Crippen molar-refractivity contribution in [2.75, 3.05) is 0 Å². The Morgan fingerprint density at radius 3 is 1.68 bits per heavy atom. The van der Waals surface area contributed by atoms with E-state index in [0.29, 0.717) is 24.5 Å². The molecule has 0 saturated carbocycles. The van der Waals surface area contributed by atoms with Gasteiger partial charge in [0.2, 0.25) is 5.91 Å². The average molecular weight is 426 g/mol. The third-order valence-corrected chi connectivity index (χ3v) is 5.64. The van der Waals surface area contributed by atoms with Crippen LogP contribution in [-0.2, 0) is 24.3 Å². The molecule has 0 aliphatic rings. The number of rotatable bonds is 7. The zero-order valence-corrected chi connectivity index (χ0v) is 18.0. The van der Waals surface area contributed by atoms with Gasteiger partial charge in [-0.2, -0.15) is 0 Å². The van der Waals surface area contributed by atoms with Gasteiger partial charge in [0.25, 0.3) is 0 Å². The number of carbonyl (C=O) groups is 1. The van der Waals surface area contributed by atoms with Crippen molar-refractivity contribution in [2.24, 2.45) is 0 Å². The minimum Gasteiger partial charge on any atom is -0.334 e. The fourth-order valence-electron chi connectivity index (χ4n) is 3.73. The van der Waals surface area contributed by atoms with Gasteiger partial charge in [-0.15, -0.1) is 0 Å². The molecule has 4 rings (SSSR count). The van der Waals surface area contributed by atoms with Gasteiger partial charge in [0.15, 0.2) is 0 Å². The molecule has 1 amide bonds. The summed E-state index contributed by atoms with van der Waals surface area (Å²) in [5, 5.41) is 0.688. The summed E-state index contributed by atoms with van der Waals surface area (Å²) in [5.41, 5.74) is 5.16. The number of halogens is 1. The van der Waals surface area contributed by atoms with Crippen LogP contribution in [0.2, 0.25) is 5.02 Å². The minimum absolute atomic E-state index is 0.0900. The van der Waals surface area contributed by atoms with Crippen molar-refractivity contribution in [1.82, 2.24) is 4.90 Å². The molecule has 0 radical (unpaired) electrons. The first-order valence-corrected chi connectivity index (χ1v) is 10.8. The predicted octanol–water partition coefficient (Wildman–Crippen LogP) is 6.78. The molecule has 31 heavy (non-hydrogen) atoms. The van der Waals surface area contributed by atoms with Crippen molar-refractivity contribution >= 4 is 17.5 Å². The van der Waals surface area contributed by atoms with Gasteiger partial charge in [-0.25, -0.2) is 0 Å². The van der Waals surface area contributed by atoms with Gasteiger partial charge in [-0.3, -0.25) is 4.79 Å². The fraction of sp³-hybridized carbons (Fsp3) is 0.107. The van der Waals surface area contributed by atoms with Gasteiger partial charge in [0.1, 0.15) is 0 Å². The molecule has 0 aromatic heterocycles. The second-order valence-corrected chi connectivity index (χ2v) is 7.94. The summed E-state index contributed by atoms with van der Waals surface area (Å²) in [4.78, 5) is 15.4. The van der Waals surface area contributed by atoms with E-state index in [1.165, 1.54) is 0 Å². The largest absolute Gasteiger partial charge is 0.334 e. The Morgan fingerprint density at radius 2 is 1.10 bits per heavy atom. The smallest absolute Gasteiger partial charge is 0.227 e. The van der Waals surface area contributed by atoms with Crippen LogP contribution in [0.4, 0.5) is 0 Å². The Morgan fingerprint density at radius 1 is 0.613 bits per heavy atom. The van der Waals surface area contributed by atoms with Crippen LogP contribution in [-0.4, -0.2) is 10.8 Å². The van der Waals surface area contributed by atoms with Crippen molar-refractivity contribution in [3.8, 4) is 11.1 Å². The summed E-state index contributed by atoms with van der Waals surface area (Å²) in [5.74, 6) is 0.0900. The summed E-state index contributed by atoms with van der Waals surface area (Å²) >= 11 is 6.45. The molecule has 2 nitrogen and oxygen atoms in total. The third kappa shape index (κ3) is 5.42. The highest BCUT2D eigenvalue weighted by molar-refractivity contribution is 6.33. The van der Waals surface area contributed by atoms with E-state index in [4.69, 9.17) is 11.6 Å². The predicted molar refractivity (Wildman–Crippen MR) is 128 cm³/mol. The molecule has 0 aliphatic heterocycles. The molecule has 0 heterocycles. The van der Waals surface area contributed by atoms with E-state index in [0.717, 1.165) is 27.8 Å². The van der Waals surface area contributed by atoms with Crippen molar-refractivity contribution in [3.63, 3.8) is 0 Å². The monoisotopic (exact) mass is 425 g/mol. The highest BCUT2D eigenvalue weighted by atomic mass is 35.5. The number of carbonyl (C=O) groups excluding carboxylic acids is 1. The maximum atomic E-state index is 13.5. The third-order valence-electron chi connectivity index (χ3n) is 5.31. The Balaban J connectivity index is 1.61. The molecule has 0 aliphatic carbocycles. The van der Waals surface area contributed by atoms with E-state index in [9.17, 15) is 4.79 Å². The maximum Gasteiger partial charge on any atom is 0.227 e. The summed E-state index contributed by atoms with van der Waals surface area (Å²) in [6, 6.07) is 36.0. The lowest BCUT2D eigenvalue weighted by Gasteiger charge is -2.24. The first-order chi connectivity index (χ1) is 15.2. The van der Waals surface area contributed by atoms with Gasteiger partial charge in [-0.05, 0) is 28.3 Å². The molecular formula is C28H24ClNO. The molecule has 154 valence electrons. The first kappa shape index (κ1) is 20.9. The molecule has 4 aromatic carbocycles. The van der Waals surface area contributed by atoms with Crippen LogP contribution in [0, 0.1) is 0 Å². The Labute approximate surface area is 188 Å². The van der Waals surface area contributed by atoms with Gasteiger partial charge in [0.05, 0.1) is 6.42 Å². The van der Waals surface area contributed by atoms with Crippen molar-refractivity contribution in [2.45, 2.75) is 19.5 Å². The van der Waals surface area contributed by atoms with Gasteiger partial charge in [-0.1, -0.05) is 115 Å². The second kappa shape index (κ2) is 10.1. The molecule has 0 spiro atoms. The quantitative estimate of drug-likeness (QED) is 0.319. The summed E-state index contributed by atoms with van der Waals surface area (Å²) in [6.07, 6.45) is 0.320. The number of nitrogens with zero attached hydrogens (tertiary/aromatic N) is 1. The number of hydrogen-bond acceptors (Lipinski definition) is 1. The molecule has 0 unspecified atom stereocenters. The Kier molecular flexibility index (Phi) is 6.81. The van der Waals surface area contributed by atoms with Crippen LogP contribution < -0.4 is 0 Å². The second-order valence-electron chi connectivity index (χ2n) is 7.53. The molecule has 0 saturated heterocycles. The highest BCUT2D eigenvalue weighted by Gasteiger charge is 2.18. The van der Waals surface area contributed by atoms with E-state index in [2.05, 4.69) is 24.3 Å². The molecule has 0 fully saturated rings. The van der Waals surface area contributed by atoms with E-state index in [1.54, 1.807) is 0 Å². The molecule has 0 bridgehead atoms. The lowest BCUT2D eigenvalue weighted by atomic mass is 9.97. The molecular weight excluding hydrogens is 402 g/mol. The normalized spacial score (nSPS) is 10.6. The Bertz CT molecular complexity index is 1100. The zero-order chi connectivity index (χ0) is 21.5. The van der Waals surface area contributed by atoms with Crippen LogP contribution in [0.15, 0.2) is 109 Å². The summed E-state index contributed by atoms with van der Waals surface area (Å²) in [6.45, 7) is 1.14. The topological polar surface area (TPSA) is 20.3 Å². The fourth-order valence-corrected chi connectivity index (χ4v) is 3.97. The number of benzene rings is 4. The van der Waals surface area contributed by atoms with E-state index < -0.39 is 0 Å². The van der Waals surface area contributed by atoms with E-state index in [-0.39, 0.29) is 5.91 Å². The van der Waals surface area contributed by atoms with Crippen molar-refractivity contribution in [3.05, 3.63) is 131 Å². The van der Waals surface area contributed by atoms with Gasteiger partial charge >= 0.3 is 0 Å². The van der Waals surface area contributed by atoms with Crippen LogP contribution in [0.1, 0.15) is 16.7 Å². The summed E-state index contributed by atoms with van der Waals surface area (Å²) < 4.78 is 0. The number of hydrogen-bond donors (Lipinski definition) is 0. The van der Waals surface area contributed by atoms with Crippen LogP contribution in [0.3, 0.4) is 0 Å². The minimum atomic E-state index is 0.0900. The van der Waals surface area contributed by atoms with Crippen molar-refractivity contribution in [1.29, 1.82) is 0 Å². The van der Waals surface area contributed by atoms with Crippen LogP contribution in [0.5, 0.6) is 0 Å². The maximum absolute atomic E-state index is 13.5. The van der Waals surface area contributed by atoms with Crippen LogP contribution in [0.25, 0.3) is 11.1 Å². The van der Waals surface area contributed by atoms with Crippen molar-refractivity contribution < 1.29 is 4.79 Å². The average Bonchev–Trinajstić information content (AvgIpc) is 2.81. The molecule has 3 heteroatoms. The van der Waals surface area contributed by atoms with Gasteiger partial charge < -0.3 is 4.90 Å². The zero-order valence-electron chi connectivity index (χ0n) is 17.2. The molecule has 0 N–H and O–H groups in total. The first-order valence-electron chi connectivity index (χ1n) is 10.4. The van der Waals surface area contributed by atoms with E-state index in [1.807, 2.05) is 89.8 Å². The van der Waals surface area contributed by atoms with Crippen LogP contribution >= 0.6 is 11.6 Å². The summed E-state index contributed by atoms with van der Waals surface area (Å²) in [7, 11) is 0. The molecule has 0 atom stereocenters.